The molecule has 0 spiro atoms. The number of hydrazine groups is 1. The summed E-state index contributed by atoms with van der Waals surface area (Å²) in [7, 11) is 0. The van der Waals surface area contributed by atoms with Gasteiger partial charge in [-0.1, -0.05) is 59.6 Å². The SMILES string of the molecule is Cc1cccc(C(=O)N[C@H]2C(=O)N/[N+](=C\c3ccccc3)[C@@H]2c2ccc(Cl)cc2)c1. The quantitative estimate of drug-likeness (QED) is 0.635. The van der Waals surface area contributed by atoms with Gasteiger partial charge < -0.3 is 5.32 Å². The first-order chi connectivity index (χ1) is 14.5. The van der Waals surface area contributed by atoms with Gasteiger partial charge in [0.05, 0.1) is 0 Å². The number of halogens is 1. The van der Waals surface area contributed by atoms with Crippen molar-refractivity contribution >= 4 is 29.6 Å². The zero-order valence-electron chi connectivity index (χ0n) is 16.4. The molecule has 5 nitrogen and oxygen atoms in total. The molecule has 0 aliphatic carbocycles. The molecule has 1 heterocycles. The molecule has 30 heavy (non-hydrogen) atoms. The fourth-order valence-electron chi connectivity index (χ4n) is 3.55. The van der Waals surface area contributed by atoms with Gasteiger partial charge in [-0.15, -0.1) is 10.1 Å². The maximum absolute atomic E-state index is 12.9. The topological polar surface area (TPSA) is 61.2 Å². The highest BCUT2D eigenvalue weighted by Gasteiger charge is 2.47. The van der Waals surface area contributed by atoms with Gasteiger partial charge in [-0.3, -0.25) is 9.59 Å². The van der Waals surface area contributed by atoms with Gasteiger partial charge in [0.1, 0.15) is 0 Å². The molecule has 1 aliphatic heterocycles. The number of carbonyl (C=O) groups excluding carboxylic acids is 2. The van der Waals surface area contributed by atoms with Crippen LogP contribution in [-0.4, -0.2) is 28.8 Å². The highest BCUT2D eigenvalue weighted by Crippen LogP contribution is 2.26. The molecule has 150 valence electrons. The zero-order valence-corrected chi connectivity index (χ0v) is 17.1. The lowest BCUT2D eigenvalue weighted by atomic mass is 9.99. The van der Waals surface area contributed by atoms with Gasteiger partial charge in [0.2, 0.25) is 12.3 Å². The Kier molecular flexibility index (Phi) is 5.63. The van der Waals surface area contributed by atoms with Crippen LogP contribution in [-0.2, 0) is 4.79 Å². The van der Waals surface area contributed by atoms with Crippen LogP contribution < -0.4 is 10.7 Å². The number of rotatable bonds is 4. The number of hydrogen-bond acceptors (Lipinski definition) is 2. The molecule has 2 atom stereocenters. The first-order valence-electron chi connectivity index (χ1n) is 9.63. The van der Waals surface area contributed by atoms with E-state index in [4.69, 9.17) is 11.6 Å². The van der Waals surface area contributed by atoms with E-state index in [-0.39, 0.29) is 11.8 Å². The summed E-state index contributed by atoms with van der Waals surface area (Å²) in [5, 5.41) is 3.51. The molecule has 2 N–H and O–H groups in total. The van der Waals surface area contributed by atoms with Crippen molar-refractivity contribution in [3.05, 3.63) is 106 Å². The summed E-state index contributed by atoms with van der Waals surface area (Å²) in [5.74, 6) is -0.567. The number of aryl methyl sites for hydroxylation is 1. The van der Waals surface area contributed by atoms with Crippen molar-refractivity contribution in [1.82, 2.24) is 10.7 Å². The van der Waals surface area contributed by atoms with E-state index in [0.717, 1.165) is 16.7 Å². The van der Waals surface area contributed by atoms with Crippen LogP contribution in [0.4, 0.5) is 0 Å². The molecule has 0 aromatic heterocycles. The lowest BCUT2D eigenvalue weighted by molar-refractivity contribution is -0.596. The fraction of sp³-hybridized carbons (Fsp3) is 0.125. The fourth-order valence-corrected chi connectivity index (χ4v) is 3.68. The molecule has 0 bridgehead atoms. The largest absolute Gasteiger partial charge is 0.334 e. The Bertz CT molecular complexity index is 1110. The van der Waals surface area contributed by atoms with Crippen molar-refractivity contribution < 1.29 is 14.3 Å². The van der Waals surface area contributed by atoms with Gasteiger partial charge in [0.25, 0.3) is 5.91 Å². The van der Waals surface area contributed by atoms with Gasteiger partial charge in [-0.2, -0.15) is 0 Å². The molecular weight excluding hydrogens is 398 g/mol. The van der Waals surface area contributed by atoms with Crippen molar-refractivity contribution in [2.75, 3.05) is 0 Å². The number of amides is 2. The van der Waals surface area contributed by atoms with E-state index < -0.39 is 12.1 Å². The first-order valence-corrected chi connectivity index (χ1v) is 10.0. The van der Waals surface area contributed by atoms with Crippen LogP contribution in [0, 0.1) is 6.92 Å². The summed E-state index contributed by atoms with van der Waals surface area (Å²) < 4.78 is 1.74. The van der Waals surface area contributed by atoms with Gasteiger partial charge in [0.15, 0.2) is 6.04 Å². The third kappa shape index (κ3) is 4.26. The highest BCUT2D eigenvalue weighted by atomic mass is 35.5. The summed E-state index contributed by atoms with van der Waals surface area (Å²) in [6.45, 7) is 1.92. The average Bonchev–Trinajstić information content (AvgIpc) is 3.04. The third-order valence-corrected chi connectivity index (χ3v) is 5.26. The minimum absolute atomic E-state index is 0.275. The molecule has 1 aliphatic rings. The monoisotopic (exact) mass is 418 g/mol. The van der Waals surface area contributed by atoms with Crippen LogP contribution in [0.3, 0.4) is 0 Å². The first kappa shape index (κ1) is 19.9. The second kappa shape index (κ2) is 8.51. The Balaban J connectivity index is 1.70. The molecule has 2 amide bonds. The Labute approximate surface area is 180 Å². The van der Waals surface area contributed by atoms with Crippen molar-refractivity contribution in [2.45, 2.75) is 19.0 Å². The maximum Gasteiger partial charge on any atom is 0.304 e. The van der Waals surface area contributed by atoms with E-state index in [9.17, 15) is 9.59 Å². The Morgan fingerprint density at radius 1 is 1.03 bits per heavy atom. The van der Waals surface area contributed by atoms with Gasteiger partial charge >= 0.3 is 5.91 Å². The van der Waals surface area contributed by atoms with E-state index in [1.54, 1.807) is 28.9 Å². The van der Waals surface area contributed by atoms with E-state index in [0.29, 0.717) is 10.6 Å². The second-order valence-corrected chi connectivity index (χ2v) is 7.68. The molecule has 4 rings (SSSR count). The summed E-state index contributed by atoms with van der Waals surface area (Å²) in [6.07, 6.45) is 1.86. The molecule has 1 fully saturated rings. The molecule has 6 heteroatoms. The number of nitrogens with one attached hydrogen (secondary N) is 2. The van der Waals surface area contributed by atoms with Crippen LogP contribution in [0.1, 0.15) is 33.1 Å². The van der Waals surface area contributed by atoms with Crippen molar-refractivity contribution in [3.63, 3.8) is 0 Å². The van der Waals surface area contributed by atoms with E-state index in [2.05, 4.69) is 10.7 Å². The molecule has 3 aromatic carbocycles. The predicted molar refractivity (Wildman–Crippen MR) is 117 cm³/mol. The van der Waals surface area contributed by atoms with Crippen molar-refractivity contribution in [2.24, 2.45) is 0 Å². The summed E-state index contributed by atoms with van der Waals surface area (Å²) in [5.41, 5.74) is 6.16. The summed E-state index contributed by atoms with van der Waals surface area (Å²) >= 11 is 6.06. The van der Waals surface area contributed by atoms with Gasteiger partial charge in [-0.25, -0.2) is 0 Å². The molecule has 0 unspecified atom stereocenters. The summed E-state index contributed by atoms with van der Waals surface area (Å²) in [6, 6.07) is 23.1. The minimum atomic E-state index is -0.765. The lowest BCUT2D eigenvalue weighted by Gasteiger charge is -2.15. The highest BCUT2D eigenvalue weighted by molar-refractivity contribution is 6.30. The maximum atomic E-state index is 12.9. The normalized spacial score (nSPS) is 19.5. The molecule has 0 saturated carbocycles. The number of hydrogen-bond donors (Lipinski definition) is 2. The Hall–Kier alpha value is -3.44. The number of hydrazone groups is 1. The smallest absolute Gasteiger partial charge is 0.304 e. The molecular formula is C24H21ClN3O2+. The third-order valence-electron chi connectivity index (χ3n) is 5.00. The van der Waals surface area contributed by atoms with Gasteiger partial charge in [-0.05, 0) is 43.3 Å². The van der Waals surface area contributed by atoms with E-state index in [1.165, 1.54) is 0 Å². The average molecular weight is 419 g/mol. The Morgan fingerprint density at radius 2 is 1.77 bits per heavy atom. The van der Waals surface area contributed by atoms with Crippen molar-refractivity contribution in [3.8, 4) is 0 Å². The van der Waals surface area contributed by atoms with E-state index >= 15 is 0 Å². The molecule has 3 aromatic rings. The van der Waals surface area contributed by atoms with Crippen LogP contribution in [0.5, 0.6) is 0 Å². The minimum Gasteiger partial charge on any atom is -0.334 e. The zero-order chi connectivity index (χ0) is 21.1. The standard InChI is InChI=1S/C24H20ClN3O2/c1-16-6-5-9-19(14-16)23(29)26-21-22(18-10-12-20(25)13-11-18)28(27-24(21)30)15-17-7-3-2-4-8-17/h2-15,21-22H,1H3,(H-,26,27,29,30)/p+1/b28-15-/t21-,22-/m1/s1. The van der Waals surface area contributed by atoms with Crippen LogP contribution in [0.15, 0.2) is 78.9 Å². The van der Waals surface area contributed by atoms with Crippen LogP contribution in [0.2, 0.25) is 5.02 Å². The van der Waals surface area contributed by atoms with Crippen molar-refractivity contribution in [1.29, 1.82) is 0 Å². The van der Waals surface area contributed by atoms with E-state index in [1.807, 2.05) is 67.7 Å². The second-order valence-electron chi connectivity index (χ2n) is 7.24. The summed E-state index contributed by atoms with van der Waals surface area (Å²) in [4.78, 5) is 25.7. The lowest BCUT2D eigenvalue weighted by Crippen LogP contribution is -2.42. The van der Waals surface area contributed by atoms with Crippen LogP contribution in [0.25, 0.3) is 0 Å². The number of benzene rings is 3. The molecule has 1 saturated heterocycles. The van der Waals surface area contributed by atoms with Crippen LogP contribution >= 0.6 is 11.6 Å². The Morgan fingerprint density at radius 3 is 2.47 bits per heavy atom. The van der Waals surface area contributed by atoms with Gasteiger partial charge in [0, 0.05) is 21.7 Å². The molecule has 0 radical (unpaired) electrons. The predicted octanol–water partition coefficient (Wildman–Crippen LogP) is 3.66. The number of carbonyl (C=O) groups is 2. The number of nitrogens with zero attached hydrogens (tertiary/aromatic N) is 1.